The summed E-state index contributed by atoms with van der Waals surface area (Å²) >= 11 is 5.61. The molecule has 0 aliphatic heterocycles. The highest BCUT2D eigenvalue weighted by Gasteiger charge is 2.33. The van der Waals surface area contributed by atoms with Crippen LogP contribution in [0.15, 0.2) is 30.3 Å². The van der Waals surface area contributed by atoms with Crippen LogP contribution >= 0.6 is 11.6 Å². The van der Waals surface area contributed by atoms with E-state index in [4.69, 9.17) is 17.3 Å². The number of alkyl halides is 3. The zero-order chi connectivity index (χ0) is 14.9. The Bertz CT molecular complexity index is 641. The minimum atomic E-state index is -4.50. The number of nitrogens with one attached hydrogen (secondary N) is 1. The second kappa shape index (κ2) is 5.20. The van der Waals surface area contributed by atoms with Gasteiger partial charge in [-0.3, -0.25) is 0 Å². The first-order valence-corrected chi connectivity index (χ1v) is 6.02. The highest BCUT2D eigenvalue weighted by Crippen LogP contribution is 2.37. The van der Waals surface area contributed by atoms with Gasteiger partial charge in [-0.25, -0.2) is 4.98 Å². The average molecular weight is 302 g/mol. The lowest BCUT2D eigenvalue weighted by atomic mass is 10.1. The van der Waals surface area contributed by atoms with E-state index in [0.29, 0.717) is 11.4 Å². The lowest BCUT2D eigenvalue weighted by molar-refractivity contribution is -0.136. The molecule has 1 aromatic heterocycles. The van der Waals surface area contributed by atoms with Crippen molar-refractivity contribution in [2.24, 2.45) is 0 Å². The summed E-state index contributed by atoms with van der Waals surface area (Å²) in [7, 11) is 0. The monoisotopic (exact) mass is 301 g/mol. The van der Waals surface area contributed by atoms with E-state index < -0.39 is 11.7 Å². The second-order valence-electron chi connectivity index (χ2n) is 4.18. The summed E-state index contributed by atoms with van der Waals surface area (Å²) in [6.07, 6.45) is -4.50. The molecule has 0 radical (unpaired) electrons. The Balaban J connectivity index is 2.40. The van der Waals surface area contributed by atoms with Gasteiger partial charge in [-0.2, -0.15) is 13.2 Å². The van der Waals surface area contributed by atoms with Crippen LogP contribution in [0.1, 0.15) is 11.3 Å². The van der Waals surface area contributed by atoms with E-state index in [1.807, 2.05) is 0 Å². The van der Waals surface area contributed by atoms with E-state index in [9.17, 15) is 13.2 Å². The number of rotatable bonds is 2. The van der Waals surface area contributed by atoms with Crippen molar-refractivity contribution in [1.29, 1.82) is 0 Å². The van der Waals surface area contributed by atoms with Gasteiger partial charge in [0, 0.05) is 5.02 Å². The third-order valence-corrected chi connectivity index (χ3v) is 2.91. The fourth-order valence-corrected chi connectivity index (χ4v) is 1.81. The maximum Gasteiger partial charge on any atom is 0.418 e. The molecular weight excluding hydrogens is 291 g/mol. The van der Waals surface area contributed by atoms with Crippen molar-refractivity contribution in [2.45, 2.75) is 13.1 Å². The number of nitrogens with zero attached hydrogens (tertiary/aromatic N) is 1. The molecule has 0 saturated carbocycles. The maximum atomic E-state index is 12.9. The molecule has 0 aliphatic rings. The fraction of sp³-hybridized carbons (Fsp3) is 0.154. The molecule has 1 heterocycles. The van der Waals surface area contributed by atoms with Crippen LogP contribution in [0.5, 0.6) is 0 Å². The summed E-state index contributed by atoms with van der Waals surface area (Å²) in [4.78, 5) is 4.08. The maximum absolute atomic E-state index is 12.9. The fourth-order valence-electron chi connectivity index (χ4n) is 1.64. The van der Waals surface area contributed by atoms with Crippen LogP contribution in [-0.2, 0) is 6.18 Å². The van der Waals surface area contributed by atoms with Crippen molar-refractivity contribution >= 4 is 28.8 Å². The van der Waals surface area contributed by atoms with Gasteiger partial charge in [0.05, 0.1) is 22.6 Å². The van der Waals surface area contributed by atoms with Gasteiger partial charge in [0.1, 0.15) is 5.82 Å². The zero-order valence-electron chi connectivity index (χ0n) is 10.4. The van der Waals surface area contributed by atoms with Crippen LogP contribution < -0.4 is 11.1 Å². The van der Waals surface area contributed by atoms with E-state index in [1.54, 1.807) is 13.0 Å². The van der Waals surface area contributed by atoms with Crippen molar-refractivity contribution in [3.05, 3.63) is 46.6 Å². The lowest BCUT2D eigenvalue weighted by Crippen LogP contribution is -2.09. The molecule has 20 heavy (non-hydrogen) atoms. The molecule has 1 aromatic carbocycles. The number of anilines is 3. The van der Waals surface area contributed by atoms with E-state index in [0.717, 1.165) is 6.07 Å². The molecule has 0 unspecified atom stereocenters. The topological polar surface area (TPSA) is 50.9 Å². The molecule has 0 amide bonds. The summed E-state index contributed by atoms with van der Waals surface area (Å²) in [5.74, 6) is 0.282. The molecule has 7 heteroatoms. The number of nitrogen functional groups attached to an aromatic ring is 1. The third-order valence-electron chi connectivity index (χ3n) is 2.68. The number of aryl methyl sites for hydroxylation is 1. The standard InChI is InChI=1S/C13H11ClF3N3/c1-7-10(18)3-5-12(19-7)20-11-4-2-8(14)6-9(11)13(15,16)17/h2-6H,18H2,1H3,(H,19,20). The van der Waals surface area contributed by atoms with Crippen molar-refractivity contribution in [1.82, 2.24) is 4.98 Å². The Morgan fingerprint density at radius 2 is 1.90 bits per heavy atom. The van der Waals surface area contributed by atoms with E-state index in [2.05, 4.69) is 10.3 Å². The summed E-state index contributed by atoms with van der Waals surface area (Å²) in [6.45, 7) is 1.67. The molecule has 0 saturated heterocycles. The van der Waals surface area contributed by atoms with Gasteiger partial charge >= 0.3 is 6.18 Å². The van der Waals surface area contributed by atoms with Crippen LogP contribution in [0.2, 0.25) is 5.02 Å². The normalized spacial score (nSPS) is 11.4. The first-order chi connectivity index (χ1) is 9.27. The Kier molecular flexibility index (Phi) is 3.76. The minimum Gasteiger partial charge on any atom is -0.397 e. The van der Waals surface area contributed by atoms with Gasteiger partial charge < -0.3 is 11.1 Å². The number of hydrogen-bond donors (Lipinski definition) is 2. The first kappa shape index (κ1) is 14.5. The second-order valence-corrected chi connectivity index (χ2v) is 4.62. The Morgan fingerprint density at radius 3 is 2.50 bits per heavy atom. The van der Waals surface area contributed by atoms with Gasteiger partial charge in [-0.1, -0.05) is 11.6 Å². The van der Waals surface area contributed by atoms with E-state index in [-0.39, 0.29) is 16.5 Å². The van der Waals surface area contributed by atoms with Crippen molar-refractivity contribution < 1.29 is 13.2 Å². The highest BCUT2D eigenvalue weighted by molar-refractivity contribution is 6.30. The summed E-state index contributed by atoms with van der Waals surface area (Å²) < 4.78 is 38.8. The summed E-state index contributed by atoms with van der Waals surface area (Å²) in [6, 6.07) is 6.60. The SMILES string of the molecule is Cc1nc(Nc2ccc(Cl)cc2C(F)(F)F)ccc1N. The first-order valence-electron chi connectivity index (χ1n) is 5.64. The van der Waals surface area contributed by atoms with Crippen LogP contribution in [0, 0.1) is 6.92 Å². The van der Waals surface area contributed by atoms with Crippen molar-refractivity contribution in [3.8, 4) is 0 Å². The Hall–Kier alpha value is -1.95. The van der Waals surface area contributed by atoms with Gasteiger partial charge in [-0.15, -0.1) is 0 Å². The van der Waals surface area contributed by atoms with E-state index >= 15 is 0 Å². The molecule has 2 rings (SSSR count). The molecule has 0 spiro atoms. The van der Waals surface area contributed by atoms with Gasteiger partial charge in [-0.05, 0) is 37.3 Å². The van der Waals surface area contributed by atoms with Gasteiger partial charge in [0.2, 0.25) is 0 Å². The van der Waals surface area contributed by atoms with Gasteiger partial charge in [0.15, 0.2) is 0 Å². The molecule has 2 aromatic rings. The molecule has 0 atom stereocenters. The Labute approximate surface area is 118 Å². The quantitative estimate of drug-likeness (QED) is 0.865. The number of hydrogen-bond acceptors (Lipinski definition) is 3. The summed E-state index contributed by atoms with van der Waals surface area (Å²) in [5, 5.41) is 2.65. The zero-order valence-corrected chi connectivity index (χ0v) is 11.2. The predicted molar refractivity (Wildman–Crippen MR) is 73.1 cm³/mol. The number of aromatic nitrogens is 1. The molecule has 0 aliphatic carbocycles. The molecule has 106 valence electrons. The van der Waals surface area contributed by atoms with Crippen LogP contribution in [0.25, 0.3) is 0 Å². The summed E-state index contributed by atoms with van der Waals surface area (Å²) in [5.41, 5.74) is 5.67. The Morgan fingerprint density at radius 1 is 1.20 bits per heavy atom. The van der Waals surface area contributed by atoms with Crippen LogP contribution in [0.4, 0.5) is 30.4 Å². The highest BCUT2D eigenvalue weighted by atomic mass is 35.5. The van der Waals surface area contributed by atoms with Crippen molar-refractivity contribution in [2.75, 3.05) is 11.1 Å². The average Bonchev–Trinajstić information content (AvgIpc) is 2.35. The van der Waals surface area contributed by atoms with Gasteiger partial charge in [0.25, 0.3) is 0 Å². The third kappa shape index (κ3) is 3.14. The molecule has 3 nitrogen and oxygen atoms in total. The molecular formula is C13H11ClF3N3. The molecule has 3 N–H and O–H groups in total. The molecule has 0 fully saturated rings. The number of pyridine rings is 1. The lowest BCUT2D eigenvalue weighted by Gasteiger charge is -2.15. The predicted octanol–water partition coefficient (Wildman–Crippen LogP) is 4.39. The number of benzene rings is 1. The van der Waals surface area contributed by atoms with E-state index in [1.165, 1.54) is 18.2 Å². The van der Waals surface area contributed by atoms with Crippen LogP contribution in [-0.4, -0.2) is 4.98 Å². The van der Waals surface area contributed by atoms with Crippen LogP contribution in [0.3, 0.4) is 0 Å². The van der Waals surface area contributed by atoms with Crippen molar-refractivity contribution in [3.63, 3.8) is 0 Å². The molecule has 0 bridgehead atoms. The largest absolute Gasteiger partial charge is 0.418 e. The number of nitrogens with two attached hydrogens (primary N) is 1. The minimum absolute atomic E-state index is 0.0179. The number of halogens is 4. The smallest absolute Gasteiger partial charge is 0.397 e.